The van der Waals surface area contributed by atoms with Gasteiger partial charge in [0.2, 0.25) is 0 Å². The van der Waals surface area contributed by atoms with E-state index in [0.717, 1.165) is 23.7 Å². The van der Waals surface area contributed by atoms with Gasteiger partial charge in [-0.25, -0.2) is 4.98 Å². The number of thiazole rings is 1. The molecule has 0 bridgehead atoms. The van der Waals surface area contributed by atoms with E-state index in [1.807, 2.05) is 25.1 Å². The van der Waals surface area contributed by atoms with Crippen LogP contribution in [0.15, 0.2) is 24.3 Å². The summed E-state index contributed by atoms with van der Waals surface area (Å²) < 4.78 is 6.62. The highest BCUT2D eigenvalue weighted by molar-refractivity contribution is 7.18. The molecule has 1 aromatic carbocycles. The number of hydrogen-bond acceptors (Lipinski definition) is 5. The number of benzene rings is 1. The predicted octanol–water partition coefficient (Wildman–Crippen LogP) is 1.97. The lowest BCUT2D eigenvalue weighted by Gasteiger charge is -2.31. The molecule has 0 amide bonds. The molecule has 0 radical (unpaired) electrons. The molecule has 2 N–H and O–H groups in total. The van der Waals surface area contributed by atoms with E-state index in [-0.39, 0.29) is 6.04 Å². The van der Waals surface area contributed by atoms with Gasteiger partial charge in [-0.2, -0.15) is 0 Å². The van der Waals surface area contributed by atoms with Crippen LogP contribution >= 0.6 is 11.3 Å². The van der Waals surface area contributed by atoms with Crippen molar-refractivity contribution in [2.45, 2.75) is 31.4 Å². The van der Waals surface area contributed by atoms with Gasteiger partial charge in [0.1, 0.15) is 0 Å². The normalized spacial score (nSPS) is 22.8. The van der Waals surface area contributed by atoms with Crippen LogP contribution < -0.4 is 5.32 Å². The zero-order valence-electron chi connectivity index (χ0n) is 11.6. The van der Waals surface area contributed by atoms with E-state index in [2.05, 4.69) is 16.4 Å². The number of morpholine rings is 1. The van der Waals surface area contributed by atoms with E-state index in [4.69, 9.17) is 4.74 Å². The molecular weight excluding hydrogens is 272 g/mol. The van der Waals surface area contributed by atoms with Crippen LogP contribution in [0, 0.1) is 0 Å². The van der Waals surface area contributed by atoms with E-state index < -0.39 is 5.60 Å². The molecule has 1 aromatic heterocycles. The zero-order chi connectivity index (χ0) is 14.0. The zero-order valence-corrected chi connectivity index (χ0v) is 12.4. The second kappa shape index (κ2) is 5.77. The molecule has 4 nitrogen and oxygen atoms in total. The molecule has 2 atom stereocenters. The summed E-state index contributed by atoms with van der Waals surface area (Å²) in [5.74, 6) is 0. The maximum absolute atomic E-state index is 10.6. The molecule has 1 aliphatic heterocycles. The van der Waals surface area contributed by atoms with Crippen LogP contribution in [0.4, 0.5) is 0 Å². The van der Waals surface area contributed by atoms with Gasteiger partial charge in [-0.3, -0.25) is 0 Å². The van der Waals surface area contributed by atoms with Gasteiger partial charge in [-0.05, 0) is 25.5 Å². The fourth-order valence-electron chi connectivity index (χ4n) is 2.68. The summed E-state index contributed by atoms with van der Waals surface area (Å²) in [5, 5.41) is 15.0. The van der Waals surface area contributed by atoms with Gasteiger partial charge >= 0.3 is 0 Å². The summed E-state index contributed by atoms with van der Waals surface area (Å²) in [6.45, 7) is 4.18. The van der Waals surface area contributed by atoms with Crippen molar-refractivity contribution >= 4 is 21.6 Å². The molecule has 1 saturated heterocycles. The van der Waals surface area contributed by atoms with Crippen LogP contribution in [-0.2, 0) is 11.2 Å². The lowest BCUT2D eigenvalue weighted by molar-refractivity contribution is 0.00651. The van der Waals surface area contributed by atoms with Crippen molar-refractivity contribution in [3.63, 3.8) is 0 Å². The third-order valence-electron chi connectivity index (χ3n) is 3.55. The lowest BCUT2D eigenvalue weighted by Crippen LogP contribution is -2.46. The van der Waals surface area contributed by atoms with Crippen LogP contribution in [0.25, 0.3) is 10.2 Å². The van der Waals surface area contributed by atoms with Crippen molar-refractivity contribution in [2.75, 3.05) is 19.8 Å². The van der Waals surface area contributed by atoms with Gasteiger partial charge < -0.3 is 15.2 Å². The Labute approximate surface area is 122 Å². The van der Waals surface area contributed by atoms with Crippen LogP contribution in [0.3, 0.4) is 0 Å². The molecule has 0 saturated carbocycles. The molecule has 1 aliphatic rings. The number of aliphatic hydroxyl groups is 1. The molecule has 20 heavy (non-hydrogen) atoms. The first-order chi connectivity index (χ1) is 9.62. The average Bonchev–Trinajstić information content (AvgIpc) is 2.80. The highest BCUT2D eigenvalue weighted by atomic mass is 32.1. The number of fused-ring (bicyclic) bond motifs is 1. The van der Waals surface area contributed by atoms with Gasteiger partial charge in [0.05, 0.1) is 34.0 Å². The summed E-state index contributed by atoms with van der Waals surface area (Å²) in [5.41, 5.74) is 0.258. The molecule has 5 heteroatoms. The Hall–Kier alpha value is -1.01. The van der Waals surface area contributed by atoms with E-state index >= 15 is 0 Å². The minimum Gasteiger partial charge on any atom is -0.390 e. The summed E-state index contributed by atoms with van der Waals surface area (Å²) in [7, 11) is 0. The molecular formula is C15H20N2O2S. The second-order valence-electron chi connectivity index (χ2n) is 5.68. The average molecular weight is 292 g/mol. The maximum atomic E-state index is 10.6. The molecule has 2 aromatic rings. The first-order valence-corrected chi connectivity index (χ1v) is 7.82. The molecule has 0 aliphatic carbocycles. The Morgan fingerprint density at radius 3 is 3.10 bits per heavy atom. The van der Waals surface area contributed by atoms with Crippen LogP contribution in [0.5, 0.6) is 0 Å². The minimum absolute atomic E-state index is 0.230. The Morgan fingerprint density at radius 2 is 2.35 bits per heavy atom. The van der Waals surface area contributed by atoms with Crippen molar-refractivity contribution in [3.8, 4) is 0 Å². The Morgan fingerprint density at radius 1 is 1.50 bits per heavy atom. The SMILES string of the molecule is CC(O)(Cc1nc2ccccc2s1)CC1COCCN1. The van der Waals surface area contributed by atoms with Crippen molar-refractivity contribution in [1.29, 1.82) is 0 Å². The van der Waals surface area contributed by atoms with E-state index in [9.17, 15) is 5.11 Å². The van der Waals surface area contributed by atoms with Crippen LogP contribution in [-0.4, -0.2) is 41.5 Å². The first kappa shape index (κ1) is 13.9. The number of nitrogens with zero attached hydrogens (tertiary/aromatic N) is 1. The largest absolute Gasteiger partial charge is 0.390 e. The van der Waals surface area contributed by atoms with Crippen molar-refractivity contribution in [2.24, 2.45) is 0 Å². The maximum Gasteiger partial charge on any atom is 0.0967 e. The number of rotatable bonds is 4. The number of ether oxygens (including phenoxy) is 1. The standard InChI is InChI=1S/C15H20N2O2S/c1-15(18,8-11-10-19-7-6-16-11)9-14-17-12-4-2-3-5-13(12)20-14/h2-5,11,16,18H,6-10H2,1H3. The topological polar surface area (TPSA) is 54.4 Å². The molecule has 3 rings (SSSR count). The number of hydrogen-bond donors (Lipinski definition) is 2. The van der Waals surface area contributed by atoms with Gasteiger partial charge in [0, 0.05) is 19.0 Å². The summed E-state index contributed by atoms with van der Waals surface area (Å²) in [4.78, 5) is 4.60. The van der Waals surface area contributed by atoms with Crippen LogP contribution in [0.1, 0.15) is 18.4 Å². The second-order valence-corrected chi connectivity index (χ2v) is 6.79. The fourth-order valence-corrected chi connectivity index (χ4v) is 3.82. The number of nitrogens with one attached hydrogen (secondary N) is 1. The van der Waals surface area contributed by atoms with Gasteiger partial charge in [-0.1, -0.05) is 12.1 Å². The number of aromatic nitrogens is 1. The van der Waals surface area contributed by atoms with Gasteiger partial charge in [0.25, 0.3) is 0 Å². The van der Waals surface area contributed by atoms with E-state index in [1.54, 1.807) is 11.3 Å². The van der Waals surface area contributed by atoms with Gasteiger partial charge in [-0.15, -0.1) is 11.3 Å². The Balaban J connectivity index is 1.68. The summed E-state index contributed by atoms with van der Waals surface area (Å²) in [6.07, 6.45) is 1.27. The predicted molar refractivity (Wildman–Crippen MR) is 81.2 cm³/mol. The van der Waals surface area contributed by atoms with Gasteiger partial charge in [0.15, 0.2) is 0 Å². The molecule has 1 fully saturated rings. The quantitative estimate of drug-likeness (QED) is 0.904. The first-order valence-electron chi connectivity index (χ1n) is 7.00. The molecule has 2 unspecified atom stereocenters. The molecule has 0 spiro atoms. The summed E-state index contributed by atoms with van der Waals surface area (Å²) >= 11 is 1.66. The lowest BCUT2D eigenvalue weighted by atomic mass is 9.93. The monoisotopic (exact) mass is 292 g/mol. The van der Waals surface area contributed by atoms with Crippen LogP contribution in [0.2, 0.25) is 0 Å². The van der Waals surface area contributed by atoms with E-state index in [1.165, 1.54) is 4.70 Å². The highest BCUT2D eigenvalue weighted by Crippen LogP contribution is 2.26. The van der Waals surface area contributed by atoms with Crippen molar-refractivity contribution in [3.05, 3.63) is 29.3 Å². The molecule has 2 heterocycles. The third-order valence-corrected chi connectivity index (χ3v) is 4.59. The van der Waals surface area contributed by atoms with Crippen molar-refractivity contribution in [1.82, 2.24) is 10.3 Å². The third kappa shape index (κ3) is 3.35. The number of para-hydroxylation sites is 1. The Bertz CT molecular complexity index is 543. The smallest absolute Gasteiger partial charge is 0.0967 e. The fraction of sp³-hybridized carbons (Fsp3) is 0.533. The highest BCUT2D eigenvalue weighted by Gasteiger charge is 2.28. The van der Waals surface area contributed by atoms with E-state index in [0.29, 0.717) is 19.4 Å². The minimum atomic E-state index is -0.758. The molecule has 108 valence electrons. The van der Waals surface area contributed by atoms with Crippen molar-refractivity contribution < 1.29 is 9.84 Å². The Kier molecular flexibility index (Phi) is 4.03. The summed E-state index contributed by atoms with van der Waals surface area (Å²) in [6, 6.07) is 8.33.